The van der Waals surface area contributed by atoms with Crippen LogP contribution in [-0.4, -0.2) is 17.3 Å². The SMILES string of the molecule is CNC(=S)Nc1cc(C)no1. The van der Waals surface area contributed by atoms with Crippen LogP contribution in [0.5, 0.6) is 0 Å². The first kappa shape index (κ1) is 8.00. The lowest BCUT2D eigenvalue weighted by atomic mass is 10.5. The van der Waals surface area contributed by atoms with Crippen molar-refractivity contribution in [3.63, 3.8) is 0 Å². The predicted octanol–water partition coefficient (Wildman–Crippen LogP) is 0.899. The van der Waals surface area contributed by atoms with Gasteiger partial charge in [0, 0.05) is 13.1 Å². The summed E-state index contributed by atoms with van der Waals surface area (Å²) in [6.07, 6.45) is 0. The Kier molecular flexibility index (Phi) is 2.43. The topological polar surface area (TPSA) is 50.1 Å². The Morgan fingerprint density at radius 1 is 1.73 bits per heavy atom. The van der Waals surface area contributed by atoms with Crippen LogP contribution < -0.4 is 10.6 Å². The van der Waals surface area contributed by atoms with Crippen LogP contribution in [0.3, 0.4) is 0 Å². The lowest BCUT2D eigenvalue weighted by Crippen LogP contribution is -2.23. The van der Waals surface area contributed by atoms with Crippen LogP contribution in [-0.2, 0) is 0 Å². The zero-order valence-electron chi connectivity index (χ0n) is 6.34. The Morgan fingerprint density at radius 3 is 2.91 bits per heavy atom. The Labute approximate surface area is 70.0 Å². The molecule has 0 saturated carbocycles. The standard InChI is InChI=1S/C6H9N3OS/c1-4-3-5(10-9-4)8-6(11)7-2/h3H,1-2H3,(H2,7,8,11). The number of nitrogens with zero attached hydrogens (tertiary/aromatic N) is 1. The fourth-order valence-electron chi connectivity index (χ4n) is 0.597. The van der Waals surface area contributed by atoms with Gasteiger partial charge in [0.15, 0.2) is 5.11 Å². The molecule has 0 aromatic carbocycles. The number of thiocarbonyl (C=S) groups is 1. The van der Waals surface area contributed by atoms with E-state index < -0.39 is 0 Å². The van der Waals surface area contributed by atoms with Crippen LogP contribution in [0.2, 0.25) is 0 Å². The third kappa shape index (κ3) is 2.19. The molecule has 0 amide bonds. The van der Waals surface area contributed by atoms with E-state index in [-0.39, 0.29) is 0 Å². The highest BCUT2D eigenvalue weighted by molar-refractivity contribution is 7.80. The van der Waals surface area contributed by atoms with Crippen molar-refractivity contribution in [2.75, 3.05) is 12.4 Å². The summed E-state index contributed by atoms with van der Waals surface area (Å²) >= 11 is 4.84. The largest absolute Gasteiger partial charge is 0.365 e. The summed E-state index contributed by atoms with van der Waals surface area (Å²) in [5, 5.41) is 9.75. The van der Waals surface area contributed by atoms with Crippen molar-refractivity contribution in [3.05, 3.63) is 11.8 Å². The predicted molar refractivity (Wildman–Crippen MR) is 46.5 cm³/mol. The Bertz CT molecular complexity index is 258. The molecule has 0 aliphatic heterocycles. The van der Waals surface area contributed by atoms with E-state index in [1.54, 1.807) is 13.1 Å². The van der Waals surface area contributed by atoms with Gasteiger partial charge in [-0.05, 0) is 19.1 Å². The first-order valence-corrected chi connectivity index (χ1v) is 3.55. The van der Waals surface area contributed by atoms with E-state index in [0.717, 1.165) is 5.69 Å². The number of aromatic nitrogens is 1. The summed E-state index contributed by atoms with van der Waals surface area (Å²) in [6.45, 7) is 1.84. The molecule has 1 heterocycles. The van der Waals surface area contributed by atoms with Gasteiger partial charge in [0.25, 0.3) is 0 Å². The van der Waals surface area contributed by atoms with Gasteiger partial charge in [-0.2, -0.15) is 0 Å². The third-order valence-electron chi connectivity index (χ3n) is 1.09. The van der Waals surface area contributed by atoms with E-state index in [4.69, 9.17) is 16.7 Å². The molecule has 11 heavy (non-hydrogen) atoms. The maximum atomic E-state index is 4.85. The highest BCUT2D eigenvalue weighted by Crippen LogP contribution is 2.07. The van der Waals surface area contributed by atoms with Crippen molar-refractivity contribution in [2.24, 2.45) is 0 Å². The summed E-state index contributed by atoms with van der Waals surface area (Å²) in [5.74, 6) is 0.557. The van der Waals surface area contributed by atoms with Crippen LogP contribution >= 0.6 is 12.2 Å². The highest BCUT2D eigenvalue weighted by Gasteiger charge is 1.99. The van der Waals surface area contributed by atoms with Crippen molar-refractivity contribution < 1.29 is 4.52 Å². The van der Waals surface area contributed by atoms with E-state index in [9.17, 15) is 0 Å². The van der Waals surface area contributed by atoms with E-state index in [1.807, 2.05) is 6.92 Å². The minimum absolute atomic E-state index is 0.515. The lowest BCUT2D eigenvalue weighted by molar-refractivity contribution is 0.430. The molecular weight excluding hydrogens is 162 g/mol. The van der Waals surface area contributed by atoms with Crippen molar-refractivity contribution >= 4 is 23.2 Å². The number of anilines is 1. The van der Waals surface area contributed by atoms with Gasteiger partial charge >= 0.3 is 0 Å². The van der Waals surface area contributed by atoms with Crippen LogP contribution in [0, 0.1) is 6.92 Å². The van der Waals surface area contributed by atoms with Crippen LogP contribution in [0.1, 0.15) is 5.69 Å². The highest BCUT2D eigenvalue weighted by atomic mass is 32.1. The zero-order valence-corrected chi connectivity index (χ0v) is 7.16. The van der Waals surface area contributed by atoms with Crippen molar-refractivity contribution in [2.45, 2.75) is 6.92 Å². The quantitative estimate of drug-likeness (QED) is 0.615. The van der Waals surface area contributed by atoms with Gasteiger partial charge in [-0.1, -0.05) is 5.16 Å². The van der Waals surface area contributed by atoms with Crippen molar-refractivity contribution in [1.29, 1.82) is 0 Å². The minimum atomic E-state index is 0.515. The van der Waals surface area contributed by atoms with Crippen LogP contribution in [0.4, 0.5) is 5.88 Å². The first-order valence-electron chi connectivity index (χ1n) is 3.14. The molecule has 0 aliphatic carbocycles. The second-order valence-electron chi connectivity index (χ2n) is 2.04. The average Bonchev–Trinajstić information content (AvgIpc) is 2.35. The summed E-state index contributed by atoms with van der Waals surface area (Å²) in [4.78, 5) is 0. The Morgan fingerprint density at radius 2 is 2.45 bits per heavy atom. The van der Waals surface area contributed by atoms with Gasteiger partial charge < -0.3 is 15.2 Å². The van der Waals surface area contributed by atoms with Crippen molar-refractivity contribution in [1.82, 2.24) is 10.5 Å². The van der Waals surface area contributed by atoms with Gasteiger partial charge in [0.2, 0.25) is 5.88 Å². The molecule has 0 spiro atoms. The summed E-state index contributed by atoms with van der Waals surface area (Å²) in [5.41, 5.74) is 0.825. The van der Waals surface area contributed by atoms with E-state index in [2.05, 4.69) is 15.8 Å². The maximum Gasteiger partial charge on any atom is 0.231 e. The van der Waals surface area contributed by atoms with E-state index >= 15 is 0 Å². The summed E-state index contributed by atoms with van der Waals surface area (Å²) in [6, 6.07) is 1.77. The summed E-state index contributed by atoms with van der Waals surface area (Å²) in [7, 11) is 1.73. The molecule has 0 unspecified atom stereocenters. The zero-order chi connectivity index (χ0) is 8.27. The second kappa shape index (κ2) is 3.34. The third-order valence-corrected chi connectivity index (χ3v) is 1.40. The molecule has 1 aromatic rings. The maximum absolute atomic E-state index is 4.85. The van der Waals surface area contributed by atoms with Gasteiger partial charge in [-0.15, -0.1) is 0 Å². The average molecular weight is 171 g/mol. The molecule has 0 atom stereocenters. The molecule has 0 bridgehead atoms. The van der Waals surface area contributed by atoms with Crippen molar-refractivity contribution in [3.8, 4) is 0 Å². The van der Waals surface area contributed by atoms with Gasteiger partial charge in [-0.25, -0.2) is 0 Å². The Balaban J connectivity index is 2.57. The molecule has 4 nitrogen and oxygen atoms in total. The Hall–Kier alpha value is -1.10. The number of hydrogen-bond donors (Lipinski definition) is 2. The minimum Gasteiger partial charge on any atom is -0.365 e. The first-order chi connectivity index (χ1) is 5.22. The molecule has 0 fully saturated rings. The molecule has 1 rings (SSSR count). The van der Waals surface area contributed by atoms with Crippen LogP contribution in [0.25, 0.3) is 0 Å². The van der Waals surface area contributed by atoms with E-state index in [1.165, 1.54) is 0 Å². The molecule has 0 radical (unpaired) electrons. The molecule has 60 valence electrons. The number of aryl methyl sites for hydroxylation is 1. The number of hydrogen-bond acceptors (Lipinski definition) is 3. The van der Waals surface area contributed by atoms with Gasteiger partial charge in [0.1, 0.15) is 0 Å². The molecule has 0 saturated heterocycles. The fourth-order valence-corrected chi connectivity index (χ4v) is 0.697. The molecule has 5 heteroatoms. The van der Waals surface area contributed by atoms with Gasteiger partial charge in [-0.3, -0.25) is 0 Å². The van der Waals surface area contributed by atoms with E-state index in [0.29, 0.717) is 11.0 Å². The summed E-state index contributed by atoms with van der Waals surface area (Å²) < 4.78 is 4.85. The molecular formula is C6H9N3OS. The lowest BCUT2D eigenvalue weighted by Gasteiger charge is -2.00. The van der Waals surface area contributed by atoms with Crippen LogP contribution in [0.15, 0.2) is 10.6 Å². The van der Waals surface area contributed by atoms with Gasteiger partial charge in [0.05, 0.1) is 5.69 Å². The monoisotopic (exact) mass is 171 g/mol. The number of nitrogens with one attached hydrogen (secondary N) is 2. The molecule has 2 N–H and O–H groups in total. The second-order valence-corrected chi connectivity index (χ2v) is 2.44. The molecule has 1 aromatic heterocycles. The fraction of sp³-hybridized carbons (Fsp3) is 0.333. The number of rotatable bonds is 1. The molecule has 0 aliphatic rings. The smallest absolute Gasteiger partial charge is 0.231 e. The normalized spacial score (nSPS) is 9.27.